The van der Waals surface area contributed by atoms with Gasteiger partial charge in [0.1, 0.15) is 0 Å². The molecule has 0 radical (unpaired) electrons. The molecule has 106 valence electrons. The first-order chi connectivity index (χ1) is 9.16. The van der Waals surface area contributed by atoms with Crippen LogP contribution in [0.1, 0.15) is 44.9 Å². The lowest BCUT2D eigenvalue weighted by atomic mass is 9.84. The van der Waals surface area contributed by atoms with E-state index in [1.165, 1.54) is 30.3 Å². The first kappa shape index (κ1) is 14.4. The van der Waals surface area contributed by atoms with Crippen molar-refractivity contribution in [3.8, 4) is 0 Å². The summed E-state index contributed by atoms with van der Waals surface area (Å²) < 4.78 is 0. The van der Waals surface area contributed by atoms with Crippen LogP contribution in [0.2, 0.25) is 0 Å². The highest BCUT2D eigenvalue weighted by Crippen LogP contribution is 2.32. The van der Waals surface area contributed by atoms with Crippen molar-refractivity contribution in [3.05, 3.63) is 11.8 Å². The van der Waals surface area contributed by atoms with E-state index >= 15 is 0 Å². The van der Waals surface area contributed by atoms with Crippen molar-refractivity contribution in [2.75, 3.05) is 5.75 Å². The molecular formula is C14H21NO3S. The van der Waals surface area contributed by atoms with E-state index < -0.39 is 5.97 Å². The molecule has 0 aromatic carbocycles. The average Bonchev–Trinajstić information content (AvgIpc) is 2.42. The predicted molar refractivity (Wildman–Crippen MR) is 75.9 cm³/mol. The Balaban J connectivity index is 1.74. The topological polar surface area (TPSA) is 66.4 Å². The Kier molecular flexibility index (Phi) is 5.31. The first-order valence-electron chi connectivity index (χ1n) is 7.02. The van der Waals surface area contributed by atoms with Gasteiger partial charge in [-0.3, -0.25) is 9.59 Å². The Bertz CT molecular complexity index is 381. The van der Waals surface area contributed by atoms with Crippen LogP contribution >= 0.6 is 11.8 Å². The van der Waals surface area contributed by atoms with Crippen LogP contribution < -0.4 is 5.32 Å². The van der Waals surface area contributed by atoms with Crippen molar-refractivity contribution >= 4 is 22.8 Å². The number of aliphatic carboxylic acids is 1. The van der Waals surface area contributed by atoms with Crippen LogP contribution in [0.3, 0.4) is 0 Å². The Morgan fingerprint density at radius 2 is 2.21 bits per heavy atom. The van der Waals surface area contributed by atoms with E-state index in [0.29, 0.717) is 18.1 Å². The average molecular weight is 283 g/mol. The molecule has 1 heterocycles. The summed E-state index contributed by atoms with van der Waals surface area (Å²) in [6.45, 7) is 0. The molecule has 5 heteroatoms. The molecule has 0 spiro atoms. The van der Waals surface area contributed by atoms with Gasteiger partial charge < -0.3 is 10.4 Å². The van der Waals surface area contributed by atoms with E-state index in [4.69, 9.17) is 5.11 Å². The van der Waals surface area contributed by atoms with E-state index in [1.807, 2.05) is 0 Å². The zero-order chi connectivity index (χ0) is 13.7. The Morgan fingerprint density at radius 1 is 1.37 bits per heavy atom. The van der Waals surface area contributed by atoms with E-state index in [-0.39, 0.29) is 17.6 Å². The van der Waals surface area contributed by atoms with Crippen LogP contribution in [0.25, 0.3) is 0 Å². The largest absolute Gasteiger partial charge is 0.481 e. The van der Waals surface area contributed by atoms with Gasteiger partial charge in [0, 0.05) is 17.9 Å². The highest BCUT2D eigenvalue weighted by molar-refractivity contribution is 8.13. The SMILES string of the molecule is O=C(O)CCCSC(=O)C1CCC2CCCC=C2N1. The van der Waals surface area contributed by atoms with Crippen molar-refractivity contribution in [2.45, 2.75) is 51.0 Å². The number of nitrogens with one attached hydrogen (secondary N) is 1. The highest BCUT2D eigenvalue weighted by Gasteiger charge is 2.29. The van der Waals surface area contributed by atoms with Crippen molar-refractivity contribution in [1.82, 2.24) is 5.32 Å². The number of carboxylic acids is 1. The second-order valence-corrected chi connectivity index (χ2v) is 6.33. The summed E-state index contributed by atoms with van der Waals surface area (Å²) in [6, 6.07) is -0.0737. The fraction of sp³-hybridized carbons (Fsp3) is 0.714. The number of fused-ring (bicyclic) bond motifs is 1. The first-order valence-corrected chi connectivity index (χ1v) is 8.00. The van der Waals surface area contributed by atoms with Gasteiger partial charge in [-0.15, -0.1) is 0 Å². The molecule has 2 N–H and O–H groups in total. The summed E-state index contributed by atoms with van der Waals surface area (Å²) in [4.78, 5) is 22.4. The minimum atomic E-state index is -0.793. The minimum absolute atomic E-state index is 0.0737. The van der Waals surface area contributed by atoms with Crippen LogP contribution in [-0.2, 0) is 9.59 Å². The Morgan fingerprint density at radius 3 is 3.00 bits per heavy atom. The summed E-state index contributed by atoms with van der Waals surface area (Å²) in [7, 11) is 0. The molecule has 0 amide bonds. The third-order valence-corrected chi connectivity index (χ3v) is 4.83. The summed E-state index contributed by atoms with van der Waals surface area (Å²) in [5.41, 5.74) is 1.27. The lowest BCUT2D eigenvalue weighted by Crippen LogP contribution is -2.42. The smallest absolute Gasteiger partial charge is 0.303 e. The summed E-state index contributed by atoms with van der Waals surface area (Å²) >= 11 is 1.27. The number of hydrogen-bond donors (Lipinski definition) is 2. The molecule has 1 aliphatic carbocycles. The summed E-state index contributed by atoms with van der Waals surface area (Å²) in [6.07, 6.45) is 8.57. The number of hydrogen-bond acceptors (Lipinski definition) is 4. The molecule has 4 nitrogen and oxygen atoms in total. The number of carboxylic acid groups (broad SMARTS) is 1. The number of allylic oxidation sites excluding steroid dienone is 2. The van der Waals surface area contributed by atoms with Crippen molar-refractivity contribution < 1.29 is 14.7 Å². The molecule has 1 fully saturated rings. The number of carbonyl (C=O) groups is 2. The van der Waals surface area contributed by atoms with E-state index in [0.717, 1.165) is 19.3 Å². The van der Waals surface area contributed by atoms with Crippen molar-refractivity contribution in [1.29, 1.82) is 0 Å². The second-order valence-electron chi connectivity index (χ2n) is 5.23. The van der Waals surface area contributed by atoms with Gasteiger partial charge in [-0.05, 0) is 44.4 Å². The number of piperidine rings is 1. The van der Waals surface area contributed by atoms with E-state index in [9.17, 15) is 9.59 Å². The molecule has 2 atom stereocenters. The van der Waals surface area contributed by atoms with E-state index in [1.54, 1.807) is 0 Å². The Hall–Kier alpha value is -0.970. The fourth-order valence-electron chi connectivity index (χ4n) is 2.74. The van der Waals surface area contributed by atoms with Gasteiger partial charge in [0.25, 0.3) is 0 Å². The maximum absolute atomic E-state index is 12.0. The van der Waals surface area contributed by atoms with E-state index in [2.05, 4.69) is 11.4 Å². The van der Waals surface area contributed by atoms with Crippen LogP contribution in [0, 0.1) is 5.92 Å². The van der Waals surface area contributed by atoms with Gasteiger partial charge in [0.15, 0.2) is 0 Å². The molecule has 2 unspecified atom stereocenters. The predicted octanol–water partition coefficient (Wildman–Crippen LogP) is 2.55. The zero-order valence-corrected chi connectivity index (χ0v) is 11.9. The molecule has 0 aromatic heterocycles. The van der Waals surface area contributed by atoms with Gasteiger partial charge in [-0.1, -0.05) is 17.8 Å². The van der Waals surface area contributed by atoms with Gasteiger partial charge in [-0.2, -0.15) is 0 Å². The molecule has 0 bridgehead atoms. The van der Waals surface area contributed by atoms with Crippen molar-refractivity contribution in [3.63, 3.8) is 0 Å². The van der Waals surface area contributed by atoms with Gasteiger partial charge in [0.2, 0.25) is 5.12 Å². The lowest BCUT2D eigenvalue weighted by molar-refractivity contribution is -0.137. The molecule has 0 aromatic rings. The lowest BCUT2D eigenvalue weighted by Gasteiger charge is -2.34. The van der Waals surface area contributed by atoms with Crippen LogP contribution in [0.15, 0.2) is 11.8 Å². The van der Waals surface area contributed by atoms with Gasteiger partial charge in [0.05, 0.1) is 6.04 Å². The van der Waals surface area contributed by atoms with Crippen LogP contribution in [0.5, 0.6) is 0 Å². The van der Waals surface area contributed by atoms with Crippen LogP contribution in [0.4, 0.5) is 0 Å². The maximum Gasteiger partial charge on any atom is 0.303 e. The molecule has 0 saturated carbocycles. The summed E-state index contributed by atoms with van der Waals surface area (Å²) in [5, 5.41) is 12.1. The number of thioether (sulfide) groups is 1. The minimum Gasteiger partial charge on any atom is -0.481 e. The van der Waals surface area contributed by atoms with Gasteiger partial charge in [-0.25, -0.2) is 0 Å². The molecule has 19 heavy (non-hydrogen) atoms. The van der Waals surface area contributed by atoms with Crippen molar-refractivity contribution in [2.24, 2.45) is 5.92 Å². The zero-order valence-electron chi connectivity index (χ0n) is 11.1. The number of carbonyl (C=O) groups excluding carboxylic acids is 1. The molecule has 1 saturated heterocycles. The molecular weight excluding hydrogens is 262 g/mol. The third-order valence-electron chi connectivity index (χ3n) is 3.77. The molecule has 1 aliphatic heterocycles. The quantitative estimate of drug-likeness (QED) is 0.759. The Labute approximate surface area is 118 Å². The standard InChI is InChI=1S/C14H21NO3S/c16-13(17)6-3-9-19-14(18)12-8-7-10-4-1-2-5-11(10)15-12/h5,10,12,15H,1-4,6-9H2,(H,16,17). The fourth-order valence-corrected chi connectivity index (χ4v) is 3.60. The normalized spacial score (nSPS) is 26.0. The van der Waals surface area contributed by atoms with Gasteiger partial charge >= 0.3 is 5.97 Å². The summed E-state index contributed by atoms with van der Waals surface area (Å²) in [5.74, 6) is 0.444. The molecule has 2 rings (SSSR count). The number of rotatable bonds is 5. The van der Waals surface area contributed by atoms with Crippen LogP contribution in [-0.4, -0.2) is 28.0 Å². The maximum atomic E-state index is 12.0. The highest BCUT2D eigenvalue weighted by atomic mass is 32.2. The third kappa shape index (κ3) is 4.27. The molecule has 2 aliphatic rings. The monoisotopic (exact) mass is 283 g/mol. The second kappa shape index (κ2) is 6.98.